The molecule has 202 valence electrons. The highest BCUT2D eigenvalue weighted by molar-refractivity contribution is 5.96. The van der Waals surface area contributed by atoms with Gasteiger partial charge in [0.15, 0.2) is 0 Å². The summed E-state index contributed by atoms with van der Waals surface area (Å²) in [6.45, 7) is 25.0. The number of hydrogen-bond donors (Lipinski definition) is 1. The fourth-order valence-electron chi connectivity index (χ4n) is 4.06. The highest BCUT2D eigenvalue weighted by atomic mass is 14.9. The lowest BCUT2D eigenvalue weighted by Gasteiger charge is -2.28. The lowest BCUT2D eigenvalue weighted by molar-refractivity contribution is 0.772. The summed E-state index contributed by atoms with van der Waals surface area (Å²) in [6.07, 6.45) is 16.8. The third-order valence-electron chi connectivity index (χ3n) is 6.00. The molecule has 0 radical (unpaired) electrons. The van der Waals surface area contributed by atoms with Crippen molar-refractivity contribution in [2.45, 2.75) is 74.7 Å². The zero-order valence-corrected chi connectivity index (χ0v) is 25.1. The molecule has 0 fully saturated rings. The van der Waals surface area contributed by atoms with Gasteiger partial charge in [0.1, 0.15) is 0 Å². The molecular formula is C37H49N. The number of allylic oxidation sites excluding steroid dienone is 9. The molecule has 3 rings (SSSR count). The summed E-state index contributed by atoms with van der Waals surface area (Å²) in [5, 5.41) is 3.53. The molecule has 0 saturated carbocycles. The molecule has 0 unspecified atom stereocenters. The Bertz CT molecular complexity index is 1190. The SMILES string of the molecule is C=C(C)\C=C/C(/C=C/C(=CC)C1=C(c2ccccc2)c2cc(C)ccc2NC1=C)=C\C.CC.CCCCC. The van der Waals surface area contributed by atoms with Gasteiger partial charge >= 0.3 is 0 Å². The van der Waals surface area contributed by atoms with E-state index < -0.39 is 0 Å². The van der Waals surface area contributed by atoms with Gasteiger partial charge in [0, 0.05) is 28.1 Å². The Hall–Kier alpha value is -3.58. The van der Waals surface area contributed by atoms with Crippen LogP contribution in [0.2, 0.25) is 0 Å². The van der Waals surface area contributed by atoms with Crippen LogP contribution in [0.5, 0.6) is 0 Å². The first-order valence-corrected chi connectivity index (χ1v) is 14.1. The molecule has 0 amide bonds. The molecule has 0 bridgehead atoms. The second-order valence-electron chi connectivity index (χ2n) is 9.17. The Morgan fingerprint density at radius 3 is 2.03 bits per heavy atom. The van der Waals surface area contributed by atoms with Crippen molar-refractivity contribution >= 4 is 11.3 Å². The molecule has 2 aromatic carbocycles. The van der Waals surface area contributed by atoms with Crippen LogP contribution >= 0.6 is 0 Å². The first kappa shape index (κ1) is 32.4. The van der Waals surface area contributed by atoms with E-state index >= 15 is 0 Å². The Morgan fingerprint density at radius 1 is 0.868 bits per heavy atom. The fraction of sp³-hybridized carbons (Fsp3) is 0.297. The van der Waals surface area contributed by atoms with E-state index in [1.54, 1.807) is 0 Å². The van der Waals surface area contributed by atoms with Gasteiger partial charge in [-0.2, -0.15) is 0 Å². The number of hydrogen-bond acceptors (Lipinski definition) is 1. The van der Waals surface area contributed by atoms with E-state index in [9.17, 15) is 0 Å². The average Bonchev–Trinajstić information content (AvgIpc) is 2.93. The van der Waals surface area contributed by atoms with Crippen molar-refractivity contribution in [1.29, 1.82) is 0 Å². The molecule has 1 aliphatic rings. The van der Waals surface area contributed by atoms with Crippen LogP contribution < -0.4 is 5.32 Å². The maximum Gasteiger partial charge on any atom is 0.0464 e. The van der Waals surface area contributed by atoms with Gasteiger partial charge in [-0.25, -0.2) is 0 Å². The van der Waals surface area contributed by atoms with Crippen molar-refractivity contribution in [2.24, 2.45) is 0 Å². The number of rotatable bonds is 8. The zero-order chi connectivity index (χ0) is 28.5. The van der Waals surface area contributed by atoms with Crippen LogP contribution in [0, 0.1) is 6.92 Å². The molecule has 1 nitrogen and oxygen atoms in total. The van der Waals surface area contributed by atoms with E-state index in [-0.39, 0.29) is 0 Å². The largest absolute Gasteiger partial charge is 0.355 e. The van der Waals surface area contributed by atoms with Crippen LogP contribution in [-0.4, -0.2) is 0 Å². The Morgan fingerprint density at radius 2 is 1.50 bits per heavy atom. The van der Waals surface area contributed by atoms with E-state index in [0.717, 1.165) is 33.7 Å². The zero-order valence-electron chi connectivity index (χ0n) is 25.1. The molecule has 1 aliphatic heterocycles. The smallest absolute Gasteiger partial charge is 0.0464 e. The highest BCUT2D eigenvalue weighted by Gasteiger charge is 2.24. The monoisotopic (exact) mass is 507 g/mol. The van der Waals surface area contributed by atoms with E-state index in [4.69, 9.17) is 0 Å². The first-order chi connectivity index (χ1) is 18.4. The molecule has 1 heteroatoms. The number of anilines is 1. The van der Waals surface area contributed by atoms with Crippen LogP contribution in [0.4, 0.5) is 5.69 Å². The molecule has 1 heterocycles. The molecule has 0 atom stereocenters. The average molecular weight is 508 g/mol. The molecule has 0 saturated heterocycles. The lowest BCUT2D eigenvalue weighted by atomic mass is 9.83. The second-order valence-corrected chi connectivity index (χ2v) is 9.17. The van der Waals surface area contributed by atoms with Gasteiger partial charge in [0.25, 0.3) is 0 Å². The maximum atomic E-state index is 4.38. The summed E-state index contributed by atoms with van der Waals surface area (Å²) in [5.74, 6) is 0. The molecule has 0 spiro atoms. The summed E-state index contributed by atoms with van der Waals surface area (Å²) >= 11 is 0. The van der Waals surface area contributed by atoms with Crippen molar-refractivity contribution in [3.05, 3.63) is 143 Å². The van der Waals surface area contributed by atoms with Gasteiger partial charge in [-0.3, -0.25) is 0 Å². The minimum Gasteiger partial charge on any atom is -0.355 e. The highest BCUT2D eigenvalue weighted by Crippen LogP contribution is 2.42. The summed E-state index contributed by atoms with van der Waals surface area (Å²) in [4.78, 5) is 0. The fourth-order valence-corrected chi connectivity index (χ4v) is 4.06. The number of fused-ring (bicyclic) bond motifs is 1. The second kappa shape index (κ2) is 17.8. The third-order valence-corrected chi connectivity index (χ3v) is 6.00. The Labute approximate surface area is 233 Å². The summed E-state index contributed by atoms with van der Waals surface area (Å²) in [6, 6.07) is 17.1. The van der Waals surface area contributed by atoms with Crippen LogP contribution in [-0.2, 0) is 0 Å². The predicted octanol–water partition coefficient (Wildman–Crippen LogP) is 11.5. The molecule has 0 aromatic heterocycles. The van der Waals surface area contributed by atoms with Gasteiger partial charge in [-0.05, 0) is 56.5 Å². The summed E-state index contributed by atoms with van der Waals surface area (Å²) < 4.78 is 0. The van der Waals surface area contributed by atoms with Gasteiger partial charge in [-0.15, -0.1) is 0 Å². The van der Waals surface area contributed by atoms with Crippen LogP contribution in [0.3, 0.4) is 0 Å². The van der Waals surface area contributed by atoms with Gasteiger partial charge in [-0.1, -0.05) is 144 Å². The molecule has 38 heavy (non-hydrogen) atoms. The van der Waals surface area contributed by atoms with Crippen molar-refractivity contribution in [3.8, 4) is 0 Å². The lowest BCUT2D eigenvalue weighted by Crippen LogP contribution is -2.14. The quantitative estimate of drug-likeness (QED) is 0.350. The minimum absolute atomic E-state index is 0.910. The number of unbranched alkanes of at least 4 members (excludes halogenated alkanes) is 2. The Balaban J connectivity index is 0.000000924. The van der Waals surface area contributed by atoms with Crippen molar-refractivity contribution in [2.75, 3.05) is 5.32 Å². The van der Waals surface area contributed by atoms with E-state index in [2.05, 4.69) is 125 Å². The van der Waals surface area contributed by atoms with Gasteiger partial charge in [0.05, 0.1) is 0 Å². The van der Waals surface area contributed by atoms with Crippen molar-refractivity contribution in [3.63, 3.8) is 0 Å². The predicted molar refractivity (Wildman–Crippen MR) is 174 cm³/mol. The molecule has 2 aromatic rings. The third kappa shape index (κ3) is 9.71. The minimum atomic E-state index is 0.910. The van der Waals surface area contributed by atoms with Crippen LogP contribution in [0.1, 0.15) is 84.4 Å². The normalized spacial score (nSPS) is 13.4. The topological polar surface area (TPSA) is 12.0 Å². The van der Waals surface area contributed by atoms with E-state index in [0.29, 0.717) is 0 Å². The Kier molecular flexibility index (Phi) is 15.2. The molecule has 0 aliphatic carbocycles. The van der Waals surface area contributed by atoms with Crippen LogP contribution in [0.25, 0.3) is 5.57 Å². The first-order valence-electron chi connectivity index (χ1n) is 14.1. The molecule has 1 N–H and O–H groups in total. The van der Waals surface area contributed by atoms with E-state index in [1.807, 2.05) is 33.8 Å². The standard InChI is InChI=1S/C30H31N.C5H12.C2H6/c1-7-24(16-14-21(3)4)17-18-25(8-2)29-23(6)31-28-19-15-22(5)20-27(28)30(29)26-12-10-9-11-13-26;1-3-5-4-2;1-2/h7-20,31H,3,6H2,1-2,4-5H3;3-5H2,1-2H3;1-2H3/b16-14-,18-17+,24-7+,25-8?;;. The maximum absolute atomic E-state index is 4.38. The summed E-state index contributed by atoms with van der Waals surface area (Å²) in [7, 11) is 0. The van der Waals surface area contributed by atoms with Crippen LogP contribution in [0.15, 0.2) is 126 Å². The number of aryl methyl sites for hydroxylation is 1. The number of benzene rings is 2. The van der Waals surface area contributed by atoms with Gasteiger partial charge < -0.3 is 5.32 Å². The number of nitrogens with one attached hydrogen (secondary N) is 1. The van der Waals surface area contributed by atoms with E-state index in [1.165, 1.54) is 41.5 Å². The molecular weight excluding hydrogens is 458 g/mol. The van der Waals surface area contributed by atoms with Gasteiger partial charge in [0.2, 0.25) is 0 Å². The van der Waals surface area contributed by atoms with Crippen molar-refractivity contribution < 1.29 is 0 Å². The summed E-state index contributed by atoms with van der Waals surface area (Å²) in [5.41, 5.74) is 11.3. The van der Waals surface area contributed by atoms with Crippen molar-refractivity contribution in [1.82, 2.24) is 0 Å².